The lowest BCUT2D eigenvalue weighted by atomic mass is 10.1. The normalized spacial score (nSPS) is 11.0. The fraction of sp³-hybridized carbons (Fsp3) is 0.289. The van der Waals surface area contributed by atoms with Crippen LogP contribution in [-0.2, 0) is 24.8 Å². The second-order valence-corrected chi connectivity index (χ2v) is 11.8. The highest BCUT2D eigenvalue weighted by Gasteiger charge is 2.21. The van der Waals surface area contributed by atoms with Crippen LogP contribution in [0.4, 0.5) is 8.78 Å². The first kappa shape index (κ1) is 34.9. The lowest BCUT2D eigenvalue weighted by Gasteiger charge is -2.17. The number of halogens is 2. The lowest BCUT2D eigenvalue weighted by molar-refractivity contribution is 0.0779. The van der Waals surface area contributed by atoms with Crippen LogP contribution in [0, 0.1) is 30.4 Å². The summed E-state index contributed by atoms with van der Waals surface area (Å²) in [5.74, 6) is 4.41. The van der Waals surface area contributed by atoms with Gasteiger partial charge in [0.25, 0.3) is 11.5 Å². The van der Waals surface area contributed by atoms with E-state index in [1.165, 1.54) is 10.7 Å². The SMILES string of the molecule is COCCCN(C)C(=O)c1ccc(Cc2ncc3cc(C#CCCC(=O)c4c(C)n(C)n(Cc5ccc(F)c(F)c5)c4=O)ccc3n2)cc1. The number of methoxy groups -OCH3 is 1. The fourth-order valence-corrected chi connectivity index (χ4v) is 5.49. The van der Waals surface area contributed by atoms with Gasteiger partial charge in [-0.05, 0) is 66.9 Å². The molecule has 5 aromatic rings. The highest BCUT2D eigenvalue weighted by molar-refractivity contribution is 5.97. The van der Waals surface area contributed by atoms with Crippen LogP contribution in [0.25, 0.3) is 10.9 Å². The molecule has 0 aliphatic heterocycles. The molecule has 0 spiro atoms. The zero-order valence-electron chi connectivity index (χ0n) is 27.9. The van der Waals surface area contributed by atoms with Crippen molar-refractivity contribution < 1.29 is 23.1 Å². The topological polar surface area (TPSA) is 99.3 Å². The second kappa shape index (κ2) is 15.6. The smallest absolute Gasteiger partial charge is 0.278 e. The maximum Gasteiger partial charge on any atom is 0.278 e. The van der Waals surface area contributed by atoms with Gasteiger partial charge < -0.3 is 9.64 Å². The van der Waals surface area contributed by atoms with Gasteiger partial charge in [0, 0.05) is 82.0 Å². The Morgan fingerprint density at radius 1 is 1.00 bits per heavy atom. The summed E-state index contributed by atoms with van der Waals surface area (Å²) < 4.78 is 34.9. The van der Waals surface area contributed by atoms with Gasteiger partial charge in [-0.15, -0.1) is 0 Å². The number of fused-ring (bicyclic) bond motifs is 1. The van der Waals surface area contributed by atoms with Gasteiger partial charge in [-0.2, -0.15) is 0 Å². The van der Waals surface area contributed by atoms with E-state index < -0.39 is 17.2 Å². The molecule has 0 N–H and O–H groups in total. The molecule has 0 aliphatic rings. The average Bonchev–Trinajstić information content (AvgIpc) is 3.30. The first-order valence-corrected chi connectivity index (χ1v) is 15.9. The predicted octanol–water partition coefficient (Wildman–Crippen LogP) is 5.48. The van der Waals surface area contributed by atoms with Crippen LogP contribution in [0.15, 0.2) is 71.7 Å². The third-order valence-corrected chi connectivity index (χ3v) is 8.34. The van der Waals surface area contributed by atoms with E-state index in [1.807, 2.05) is 42.5 Å². The van der Waals surface area contributed by atoms with E-state index in [0.717, 1.165) is 40.6 Å². The fourth-order valence-electron chi connectivity index (χ4n) is 5.49. The summed E-state index contributed by atoms with van der Waals surface area (Å²) in [5, 5.41) is 0.825. The largest absolute Gasteiger partial charge is 0.385 e. The molecule has 1 amide bonds. The molecule has 252 valence electrons. The van der Waals surface area contributed by atoms with E-state index >= 15 is 0 Å². The van der Waals surface area contributed by atoms with Gasteiger partial charge in [0.2, 0.25) is 0 Å². The van der Waals surface area contributed by atoms with Crippen LogP contribution in [0.2, 0.25) is 0 Å². The Kier molecular flexibility index (Phi) is 11.1. The van der Waals surface area contributed by atoms with Crippen molar-refractivity contribution in [3.8, 4) is 11.8 Å². The van der Waals surface area contributed by atoms with Crippen LogP contribution in [0.1, 0.15) is 68.2 Å². The first-order chi connectivity index (χ1) is 23.5. The standard InChI is InChI=1S/C38H37F2N5O4/c1-25-36(38(48)45(44(25)3)24-28-12-16-31(39)32(40)21-28)34(46)9-6-5-8-26-13-17-33-30(20-26)23-41-35(42-33)22-27-10-14-29(15-11-27)37(47)43(2)18-7-19-49-4/h10-17,20-21,23H,6-7,9,18-19,22,24H2,1-4H3. The number of amides is 1. The number of carbonyl (C=O) groups is 2. The summed E-state index contributed by atoms with van der Waals surface area (Å²) in [7, 11) is 5.07. The van der Waals surface area contributed by atoms with Crippen molar-refractivity contribution in [2.24, 2.45) is 7.05 Å². The Hall–Kier alpha value is -5.47. The Bertz CT molecular complexity index is 2130. The number of nitrogens with zero attached hydrogens (tertiary/aromatic N) is 5. The van der Waals surface area contributed by atoms with E-state index in [1.54, 1.807) is 43.9 Å². The molecular formula is C38H37F2N5O4. The molecule has 0 fully saturated rings. The van der Waals surface area contributed by atoms with Gasteiger partial charge in [0.15, 0.2) is 17.4 Å². The molecule has 0 saturated carbocycles. The number of carbonyl (C=O) groups excluding carboxylic acids is 2. The maximum atomic E-state index is 13.7. The molecule has 0 atom stereocenters. The number of Topliss-reactive ketones (excluding diaryl/α,β-unsaturated/α-hetero) is 1. The molecule has 9 nitrogen and oxygen atoms in total. The van der Waals surface area contributed by atoms with Gasteiger partial charge in [0.1, 0.15) is 11.4 Å². The van der Waals surface area contributed by atoms with E-state index in [2.05, 4.69) is 16.8 Å². The third-order valence-electron chi connectivity index (χ3n) is 8.34. The van der Waals surface area contributed by atoms with Crippen molar-refractivity contribution in [1.29, 1.82) is 0 Å². The number of rotatable bonds is 12. The van der Waals surface area contributed by atoms with Crippen molar-refractivity contribution in [2.45, 2.75) is 39.2 Å². The van der Waals surface area contributed by atoms with E-state index in [-0.39, 0.29) is 36.6 Å². The average molecular weight is 666 g/mol. The number of hydrogen-bond donors (Lipinski definition) is 0. The molecule has 0 unspecified atom stereocenters. The molecule has 0 aliphatic carbocycles. The maximum absolute atomic E-state index is 13.7. The van der Waals surface area contributed by atoms with E-state index in [4.69, 9.17) is 9.72 Å². The van der Waals surface area contributed by atoms with Crippen LogP contribution >= 0.6 is 0 Å². The quantitative estimate of drug-likeness (QED) is 0.0995. The molecule has 3 aromatic carbocycles. The number of ether oxygens (including phenoxy) is 1. The molecule has 0 radical (unpaired) electrons. The molecule has 2 heterocycles. The summed E-state index contributed by atoms with van der Waals surface area (Å²) in [4.78, 5) is 49.7. The molecule has 0 saturated heterocycles. The zero-order chi connectivity index (χ0) is 35.1. The summed E-state index contributed by atoms with van der Waals surface area (Å²) >= 11 is 0. The summed E-state index contributed by atoms with van der Waals surface area (Å²) in [6.07, 6.45) is 3.35. The number of ketones is 1. The van der Waals surface area contributed by atoms with Crippen LogP contribution in [0.3, 0.4) is 0 Å². The molecule has 11 heteroatoms. The van der Waals surface area contributed by atoms with Crippen molar-refractivity contribution >= 4 is 22.6 Å². The lowest BCUT2D eigenvalue weighted by Crippen LogP contribution is -2.28. The van der Waals surface area contributed by atoms with Gasteiger partial charge in [-0.25, -0.2) is 23.4 Å². The molecule has 2 aromatic heterocycles. The summed E-state index contributed by atoms with van der Waals surface area (Å²) in [6, 6.07) is 16.5. The summed E-state index contributed by atoms with van der Waals surface area (Å²) in [5.41, 5.74) is 3.60. The van der Waals surface area contributed by atoms with Gasteiger partial charge in [-0.3, -0.25) is 19.1 Å². The minimum absolute atomic E-state index is 0.00276. The first-order valence-electron chi connectivity index (χ1n) is 15.9. The van der Waals surface area contributed by atoms with Gasteiger partial charge in [-0.1, -0.05) is 30.0 Å². The van der Waals surface area contributed by atoms with Gasteiger partial charge >= 0.3 is 0 Å². The van der Waals surface area contributed by atoms with E-state index in [0.29, 0.717) is 42.2 Å². The third kappa shape index (κ3) is 8.34. The van der Waals surface area contributed by atoms with Crippen LogP contribution in [0.5, 0.6) is 0 Å². The Balaban J connectivity index is 1.18. The van der Waals surface area contributed by atoms with Gasteiger partial charge in [0.05, 0.1) is 12.1 Å². The Labute approximate surface area is 283 Å². The minimum atomic E-state index is -0.999. The van der Waals surface area contributed by atoms with Crippen LogP contribution in [-0.4, -0.2) is 63.2 Å². The molecular weight excluding hydrogens is 628 g/mol. The van der Waals surface area contributed by atoms with Crippen molar-refractivity contribution in [1.82, 2.24) is 24.2 Å². The van der Waals surface area contributed by atoms with E-state index in [9.17, 15) is 23.2 Å². The zero-order valence-corrected chi connectivity index (χ0v) is 27.9. The Morgan fingerprint density at radius 3 is 2.49 bits per heavy atom. The Morgan fingerprint density at radius 2 is 1.76 bits per heavy atom. The highest BCUT2D eigenvalue weighted by atomic mass is 19.2. The molecule has 0 bridgehead atoms. The van der Waals surface area contributed by atoms with Crippen molar-refractivity contribution in [3.63, 3.8) is 0 Å². The second-order valence-electron chi connectivity index (χ2n) is 11.8. The number of aromatic nitrogens is 4. The highest BCUT2D eigenvalue weighted by Crippen LogP contribution is 2.17. The van der Waals surface area contributed by atoms with Crippen molar-refractivity contribution in [2.75, 3.05) is 27.3 Å². The molecule has 49 heavy (non-hydrogen) atoms. The summed E-state index contributed by atoms with van der Waals surface area (Å²) in [6.45, 7) is 2.90. The number of hydrogen-bond acceptors (Lipinski definition) is 6. The van der Waals surface area contributed by atoms with Crippen LogP contribution < -0.4 is 5.56 Å². The van der Waals surface area contributed by atoms with Crippen molar-refractivity contribution in [3.05, 3.63) is 128 Å². The number of benzene rings is 3. The monoisotopic (exact) mass is 665 g/mol. The minimum Gasteiger partial charge on any atom is -0.385 e. The molecule has 5 rings (SSSR count). The predicted molar refractivity (Wildman–Crippen MR) is 183 cm³/mol.